The summed E-state index contributed by atoms with van der Waals surface area (Å²) in [6.45, 7) is 4.80. The highest BCUT2D eigenvalue weighted by atomic mass is 16.4. The Hall–Kier alpha value is -1.94. The Morgan fingerprint density at radius 2 is 2.00 bits per heavy atom. The van der Waals surface area contributed by atoms with Gasteiger partial charge in [0.05, 0.1) is 6.10 Å². The molecule has 0 saturated heterocycles. The number of nitrogens with zero attached hydrogens (tertiary/aromatic N) is 1. The zero-order valence-corrected chi connectivity index (χ0v) is 18.1. The van der Waals surface area contributed by atoms with E-state index in [2.05, 4.69) is 37.0 Å². The molecule has 7 atom stereocenters. The Morgan fingerprint density at radius 3 is 2.73 bits per heavy atom. The zero-order valence-electron chi connectivity index (χ0n) is 18.1. The van der Waals surface area contributed by atoms with Crippen molar-refractivity contribution < 1.29 is 15.0 Å². The molecule has 0 aromatic carbocycles. The summed E-state index contributed by atoms with van der Waals surface area (Å²) in [5, 5.41) is 20.6. The maximum atomic E-state index is 11.3. The van der Waals surface area contributed by atoms with Crippen LogP contribution in [0.4, 0.5) is 0 Å². The van der Waals surface area contributed by atoms with Gasteiger partial charge in [0.1, 0.15) is 0 Å². The summed E-state index contributed by atoms with van der Waals surface area (Å²) in [4.78, 5) is 15.6. The summed E-state index contributed by atoms with van der Waals surface area (Å²) in [5.41, 5.74) is 4.17. The van der Waals surface area contributed by atoms with Crippen LogP contribution in [0.5, 0.6) is 0 Å². The molecule has 1 aromatic heterocycles. The number of carboxylic acids is 1. The fraction of sp³-hybridized carbons (Fsp3) is 0.615. The average Bonchev–Trinajstić information content (AvgIpc) is 3.06. The molecular formula is C26H33NO3. The van der Waals surface area contributed by atoms with E-state index in [1.807, 2.05) is 18.5 Å². The van der Waals surface area contributed by atoms with Crippen LogP contribution in [0.3, 0.4) is 0 Å². The van der Waals surface area contributed by atoms with E-state index in [1.165, 1.54) is 16.7 Å². The SMILES string of the molecule is C[C@]12CC[C@@H](CC(=O)O)CC1=C[C@@H](O)[C@@H]1[C@@H]2CC[C@]2(C)C(c3cccnc3)=CC[C@@H]12. The molecule has 5 rings (SSSR count). The van der Waals surface area contributed by atoms with Crippen molar-refractivity contribution >= 4 is 11.5 Å². The first-order valence-electron chi connectivity index (χ1n) is 11.5. The van der Waals surface area contributed by atoms with E-state index < -0.39 is 12.1 Å². The van der Waals surface area contributed by atoms with Crippen molar-refractivity contribution in [1.82, 2.24) is 4.98 Å². The highest BCUT2D eigenvalue weighted by Crippen LogP contribution is 2.66. The number of hydrogen-bond acceptors (Lipinski definition) is 3. The third-order valence-corrected chi connectivity index (χ3v) is 9.25. The highest BCUT2D eigenvalue weighted by Gasteiger charge is 2.59. The van der Waals surface area contributed by atoms with Gasteiger partial charge in [0.15, 0.2) is 0 Å². The topological polar surface area (TPSA) is 70.4 Å². The third-order valence-electron chi connectivity index (χ3n) is 9.25. The summed E-state index contributed by atoms with van der Waals surface area (Å²) < 4.78 is 0. The van der Waals surface area contributed by atoms with Crippen molar-refractivity contribution in [3.05, 3.63) is 47.8 Å². The summed E-state index contributed by atoms with van der Waals surface area (Å²) in [6.07, 6.45) is 14.3. The first kappa shape index (κ1) is 20.0. The van der Waals surface area contributed by atoms with Crippen LogP contribution in [-0.4, -0.2) is 27.3 Å². The number of hydrogen-bond donors (Lipinski definition) is 2. The Balaban J connectivity index is 1.45. The lowest BCUT2D eigenvalue weighted by Gasteiger charge is -2.59. The normalized spacial score (nSPS) is 42.4. The van der Waals surface area contributed by atoms with E-state index in [1.54, 1.807) is 0 Å². The zero-order chi connectivity index (χ0) is 21.1. The molecule has 1 heterocycles. The molecule has 30 heavy (non-hydrogen) atoms. The summed E-state index contributed by atoms with van der Waals surface area (Å²) in [6, 6.07) is 4.18. The second-order valence-electron chi connectivity index (χ2n) is 10.6. The lowest BCUT2D eigenvalue weighted by molar-refractivity contribution is -0.138. The molecule has 160 valence electrons. The summed E-state index contributed by atoms with van der Waals surface area (Å²) >= 11 is 0. The quantitative estimate of drug-likeness (QED) is 0.684. The van der Waals surface area contributed by atoms with Crippen LogP contribution < -0.4 is 0 Å². The van der Waals surface area contributed by atoms with E-state index in [-0.39, 0.29) is 29.1 Å². The van der Waals surface area contributed by atoms with Crippen molar-refractivity contribution in [2.24, 2.45) is 34.5 Å². The molecule has 2 fully saturated rings. The van der Waals surface area contributed by atoms with Gasteiger partial charge in [0, 0.05) is 18.8 Å². The summed E-state index contributed by atoms with van der Waals surface area (Å²) in [5.74, 6) is 0.723. The van der Waals surface area contributed by atoms with Gasteiger partial charge in [0.2, 0.25) is 0 Å². The molecule has 1 aromatic rings. The number of fused-ring (bicyclic) bond motifs is 5. The molecule has 4 aliphatic rings. The average molecular weight is 408 g/mol. The van der Waals surface area contributed by atoms with E-state index in [0.717, 1.165) is 38.5 Å². The number of pyridine rings is 1. The molecule has 4 aliphatic carbocycles. The number of carboxylic acid groups (broad SMARTS) is 1. The number of aromatic nitrogens is 1. The van der Waals surface area contributed by atoms with E-state index >= 15 is 0 Å². The van der Waals surface area contributed by atoms with Crippen LogP contribution in [0.2, 0.25) is 0 Å². The monoisotopic (exact) mass is 407 g/mol. The van der Waals surface area contributed by atoms with Crippen LogP contribution in [0.15, 0.2) is 42.3 Å². The van der Waals surface area contributed by atoms with E-state index in [4.69, 9.17) is 0 Å². The molecule has 0 spiro atoms. The number of rotatable bonds is 3. The molecule has 0 amide bonds. The molecule has 4 heteroatoms. The van der Waals surface area contributed by atoms with Crippen molar-refractivity contribution in [3.8, 4) is 0 Å². The fourth-order valence-electron chi connectivity index (χ4n) is 7.69. The molecule has 0 radical (unpaired) electrons. The molecular weight excluding hydrogens is 374 g/mol. The predicted octanol–water partition coefficient (Wildman–Crippen LogP) is 5.10. The summed E-state index contributed by atoms with van der Waals surface area (Å²) in [7, 11) is 0. The van der Waals surface area contributed by atoms with Gasteiger partial charge in [-0.1, -0.05) is 37.6 Å². The van der Waals surface area contributed by atoms with Gasteiger partial charge in [0.25, 0.3) is 0 Å². The van der Waals surface area contributed by atoms with Crippen molar-refractivity contribution in [3.63, 3.8) is 0 Å². The minimum absolute atomic E-state index is 0.0907. The minimum atomic E-state index is -0.702. The number of aliphatic carboxylic acids is 1. The lowest BCUT2D eigenvalue weighted by Crippen LogP contribution is -2.54. The van der Waals surface area contributed by atoms with Crippen LogP contribution in [0.1, 0.15) is 64.4 Å². The smallest absolute Gasteiger partial charge is 0.303 e. The predicted molar refractivity (Wildman–Crippen MR) is 116 cm³/mol. The largest absolute Gasteiger partial charge is 0.481 e. The van der Waals surface area contributed by atoms with E-state index in [0.29, 0.717) is 11.8 Å². The van der Waals surface area contributed by atoms with Crippen molar-refractivity contribution in [2.45, 2.75) is 64.9 Å². The van der Waals surface area contributed by atoms with Gasteiger partial charge in [-0.2, -0.15) is 0 Å². The Kier molecular flexibility index (Phi) is 4.70. The van der Waals surface area contributed by atoms with Gasteiger partial charge < -0.3 is 10.2 Å². The van der Waals surface area contributed by atoms with Gasteiger partial charge >= 0.3 is 5.97 Å². The molecule has 0 unspecified atom stereocenters. The number of aliphatic hydroxyl groups excluding tert-OH is 1. The van der Waals surface area contributed by atoms with Gasteiger partial charge in [-0.05, 0) is 90.2 Å². The molecule has 0 aliphatic heterocycles. The number of allylic oxidation sites excluding steroid dienone is 3. The molecule has 4 nitrogen and oxygen atoms in total. The van der Waals surface area contributed by atoms with E-state index in [9.17, 15) is 15.0 Å². The Morgan fingerprint density at radius 1 is 1.20 bits per heavy atom. The minimum Gasteiger partial charge on any atom is -0.481 e. The fourth-order valence-corrected chi connectivity index (χ4v) is 7.69. The second kappa shape index (κ2) is 7.05. The Bertz CT molecular complexity index is 906. The first-order valence-corrected chi connectivity index (χ1v) is 11.5. The van der Waals surface area contributed by atoms with Gasteiger partial charge in [-0.15, -0.1) is 0 Å². The van der Waals surface area contributed by atoms with Gasteiger partial charge in [-0.3, -0.25) is 9.78 Å². The van der Waals surface area contributed by atoms with Crippen molar-refractivity contribution in [2.75, 3.05) is 0 Å². The number of aliphatic hydroxyl groups is 1. The third kappa shape index (κ3) is 2.90. The van der Waals surface area contributed by atoms with Crippen LogP contribution >= 0.6 is 0 Å². The van der Waals surface area contributed by atoms with Crippen LogP contribution in [0, 0.1) is 34.5 Å². The second-order valence-corrected chi connectivity index (χ2v) is 10.6. The van der Waals surface area contributed by atoms with Crippen LogP contribution in [-0.2, 0) is 4.79 Å². The number of carbonyl (C=O) groups is 1. The maximum absolute atomic E-state index is 11.3. The van der Waals surface area contributed by atoms with Crippen LogP contribution in [0.25, 0.3) is 5.57 Å². The standard InChI is InChI=1S/C26H33NO3/c1-25-9-7-16(13-23(29)30)12-18(25)14-22(28)24-20-6-5-19(17-4-3-11-27-15-17)26(20,2)10-8-21(24)25/h3-5,11,14-16,20-22,24,28H,6-10,12-13H2,1-2H3,(H,29,30)/t16-,20+,21+,22-,24+,25+,26-/m1/s1. The Labute approximate surface area is 179 Å². The molecule has 2 N–H and O–H groups in total. The van der Waals surface area contributed by atoms with Gasteiger partial charge in [-0.25, -0.2) is 0 Å². The van der Waals surface area contributed by atoms with Crippen molar-refractivity contribution in [1.29, 1.82) is 0 Å². The molecule has 2 saturated carbocycles. The lowest BCUT2D eigenvalue weighted by atomic mass is 9.46. The molecule has 0 bridgehead atoms. The highest BCUT2D eigenvalue weighted by molar-refractivity contribution is 5.72. The first-order chi connectivity index (χ1) is 14.3. The maximum Gasteiger partial charge on any atom is 0.303 e.